The van der Waals surface area contributed by atoms with Gasteiger partial charge in [-0.05, 0) is 18.6 Å². The minimum atomic E-state index is -1.07. The summed E-state index contributed by atoms with van der Waals surface area (Å²) in [6.45, 7) is 1.12. The van der Waals surface area contributed by atoms with E-state index in [9.17, 15) is 19.2 Å². The second-order valence-electron chi connectivity index (χ2n) is 10.7. The summed E-state index contributed by atoms with van der Waals surface area (Å²) < 4.78 is 5.58. The van der Waals surface area contributed by atoms with Crippen LogP contribution in [0, 0.1) is 5.92 Å². The number of amides is 5. The number of carbonyl (C=O) groups excluding carboxylic acids is 4. The quantitative estimate of drug-likeness (QED) is 0.300. The SMILES string of the molecule is COc1nc(-c2cccc(-c3cccc(NC(=O)C4CN(C)C(=O)N(C)C4=O)c3Cl)c2Cl)ccc1CNC[C@H]1CCC(=O)N1. The number of urea groups is 1. The van der Waals surface area contributed by atoms with Crippen LogP contribution < -0.4 is 20.7 Å². The predicted octanol–water partition coefficient (Wildman–Crippen LogP) is 4.18. The number of nitrogens with zero attached hydrogens (tertiary/aromatic N) is 3. The van der Waals surface area contributed by atoms with Crippen LogP contribution in [0.1, 0.15) is 18.4 Å². The van der Waals surface area contributed by atoms with E-state index in [-0.39, 0.29) is 23.5 Å². The molecule has 0 aliphatic carbocycles. The van der Waals surface area contributed by atoms with Gasteiger partial charge in [0.1, 0.15) is 5.92 Å². The standard InChI is InChI=1S/C31H32Cl2N6O5/c1-38-16-22(30(42)39(2)31(38)43)28(41)36-24-9-5-7-20(27(24)33)19-6-4-8-21(26(19)32)23-12-10-17(29(37-23)44-3)14-34-15-18-11-13-25(40)35-18/h4-10,12,18,22,34H,11,13-16H2,1-3H3,(H,35,40)(H,36,41)/t18-,22?/m1/s1. The molecule has 0 spiro atoms. The van der Waals surface area contributed by atoms with E-state index in [0.29, 0.717) is 58.5 Å². The number of hydrogen-bond donors (Lipinski definition) is 3. The molecule has 230 valence electrons. The minimum absolute atomic E-state index is 0.0386. The summed E-state index contributed by atoms with van der Waals surface area (Å²) in [5, 5.41) is 9.68. The van der Waals surface area contributed by atoms with Crippen molar-refractivity contribution in [1.29, 1.82) is 0 Å². The molecule has 0 bridgehead atoms. The highest BCUT2D eigenvalue weighted by molar-refractivity contribution is 6.39. The molecule has 2 fully saturated rings. The smallest absolute Gasteiger partial charge is 0.326 e. The zero-order chi connectivity index (χ0) is 31.5. The van der Waals surface area contributed by atoms with Crippen LogP contribution in [0.5, 0.6) is 5.88 Å². The molecule has 11 nitrogen and oxygen atoms in total. The van der Waals surface area contributed by atoms with E-state index in [0.717, 1.165) is 16.9 Å². The van der Waals surface area contributed by atoms with E-state index in [2.05, 4.69) is 16.0 Å². The van der Waals surface area contributed by atoms with E-state index in [1.807, 2.05) is 30.3 Å². The Morgan fingerprint density at radius 2 is 1.73 bits per heavy atom. The fourth-order valence-electron chi connectivity index (χ4n) is 5.35. The first-order valence-electron chi connectivity index (χ1n) is 14.0. The maximum absolute atomic E-state index is 13.1. The third kappa shape index (κ3) is 6.35. The first kappa shape index (κ1) is 31.2. The van der Waals surface area contributed by atoms with Crippen molar-refractivity contribution in [2.45, 2.75) is 25.4 Å². The molecule has 2 atom stereocenters. The molecule has 3 heterocycles. The predicted molar refractivity (Wildman–Crippen MR) is 167 cm³/mol. The second kappa shape index (κ2) is 13.2. The number of benzene rings is 2. The number of hydrogen-bond acceptors (Lipinski definition) is 7. The lowest BCUT2D eigenvalue weighted by Gasteiger charge is -2.33. The zero-order valence-corrected chi connectivity index (χ0v) is 26.0. The molecule has 3 N–H and O–H groups in total. The number of ether oxygens (including phenoxy) is 1. The largest absolute Gasteiger partial charge is 0.481 e. The van der Waals surface area contributed by atoms with Gasteiger partial charge in [-0.15, -0.1) is 0 Å². The highest BCUT2D eigenvalue weighted by atomic mass is 35.5. The number of methoxy groups -OCH3 is 1. The van der Waals surface area contributed by atoms with Gasteiger partial charge >= 0.3 is 6.03 Å². The average Bonchev–Trinajstić information content (AvgIpc) is 3.44. The maximum atomic E-state index is 13.1. The van der Waals surface area contributed by atoms with Crippen molar-refractivity contribution in [3.8, 4) is 28.3 Å². The van der Waals surface area contributed by atoms with Gasteiger partial charge in [-0.2, -0.15) is 0 Å². The number of rotatable bonds is 9. The molecule has 0 radical (unpaired) electrons. The Hall–Kier alpha value is -4.19. The van der Waals surface area contributed by atoms with Gasteiger partial charge in [0.25, 0.3) is 0 Å². The van der Waals surface area contributed by atoms with Crippen molar-refractivity contribution >= 4 is 52.6 Å². The molecule has 2 saturated heterocycles. The molecule has 5 rings (SSSR count). The van der Waals surface area contributed by atoms with Crippen LogP contribution in [0.4, 0.5) is 10.5 Å². The average molecular weight is 640 g/mol. The Morgan fingerprint density at radius 1 is 1.02 bits per heavy atom. The van der Waals surface area contributed by atoms with Crippen molar-refractivity contribution in [3.05, 3.63) is 64.1 Å². The highest BCUT2D eigenvalue weighted by Gasteiger charge is 2.39. The lowest BCUT2D eigenvalue weighted by atomic mass is 9.99. The van der Waals surface area contributed by atoms with Crippen molar-refractivity contribution in [2.75, 3.05) is 39.6 Å². The van der Waals surface area contributed by atoms with Gasteiger partial charge in [-0.3, -0.25) is 19.3 Å². The summed E-state index contributed by atoms with van der Waals surface area (Å²) in [4.78, 5) is 56.2. The van der Waals surface area contributed by atoms with Gasteiger partial charge < -0.3 is 25.6 Å². The van der Waals surface area contributed by atoms with Gasteiger partial charge in [0.15, 0.2) is 0 Å². The Kier molecular flexibility index (Phi) is 9.38. The molecule has 13 heteroatoms. The molecule has 2 aliphatic heterocycles. The van der Waals surface area contributed by atoms with Gasteiger partial charge in [0.05, 0.1) is 28.5 Å². The number of nitrogens with one attached hydrogen (secondary N) is 3. The Morgan fingerprint density at radius 3 is 2.43 bits per heavy atom. The maximum Gasteiger partial charge on any atom is 0.326 e. The van der Waals surface area contributed by atoms with E-state index in [1.54, 1.807) is 25.3 Å². The fourth-order valence-corrected chi connectivity index (χ4v) is 5.95. The number of halogens is 2. The molecule has 2 aliphatic rings. The van der Waals surface area contributed by atoms with Gasteiger partial charge in [-0.1, -0.05) is 59.6 Å². The van der Waals surface area contributed by atoms with Crippen LogP contribution in [0.2, 0.25) is 10.0 Å². The highest BCUT2D eigenvalue weighted by Crippen LogP contribution is 2.41. The molecule has 5 amide bonds. The number of imide groups is 1. The summed E-state index contributed by atoms with van der Waals surface area (Å²) in [5.74, 6) is -1.70. The molecule has 1 unspecified atom stereocenters. The van der Waals surface area contributed by atoms with E-state index >= 15 is 0 Å². The Bertz CT molecular complexity index is 1630. The minimum Gasteiger partial charge on any atom is -0.481 e. The van der Waals surface area contributed by atoms with E-state index < -0.39 is 23.8 Å². The normalized spacial score (nSPS) is 18.4. The molecule has 3 aromatic rings. The molecular formula is C31H32Cl2N6O5. The monoisotopic (exact) mass is 638 g/mol. The van der Waals surface area contributed by atoms with Crippen LogP contribution in [0.15, 0.2) is 48.5 Å². The third-order valence-electron chi connectivity index (χ3n) is 7.76. The zero-order valence-electron chi connectivity index (χ0n) is 24.4. The van der Waals surface area contributed by atoms with Crippen molar-refractivity contribution in [1.82, 2.24) is 25.4 Å². The first-order chi connectivity index (χ1) is 21.1. The van der Waals surface area contributed by atoms with Crippen LogP contribution in [0.3, 0.4) is 0 Å². The number of aromatic nitrogens is 1. The third-order valence-corrected chi connectivity index (χ3v) is 8.57. The molecule has 44 heavy (non-hydrogen) atoms. The molecule has 1 aromatic heterocycles. The van der Waals surface area contributed by atoms with Gasteiger partial charge in [0.2, 0.25) is 23.6 Å². The fraction of sp³-hybridized carbons (Fsp3) is 0.323. The summed E-state index contributed by atoms with van der Waals surface area (Å²) >= 11 is 13.7. The number of anilines is 1. The van der Waals surface area contributed by atoms with E-state index in [4.69, 9.17) is 32.9 Å². The Labute approximate surface area is 264 Å². The lowest BCUT2D eigenvalue weighted by molar-refractivity contribution is -0.140. The lowest BCUT2D eigenvalue weighted by Crippen LogP contribution is -2.56. The van der Waals surface area contributed by atoms with Crippen LogP contribution in [-0.4, -0.2) is 78.9 Å². The summed E-state index contributed by atoms with van der Waals surface area (Å²) in [7, 11) is 4.43. The van der Waals surface area contributed by atoms with Crippen LogP contribution in [-0.2, 0) is 20.9 Å². The van der Waals surface area contributed by atoms with Crippen LogP contribution >= 0.6 is 23.2 Å². The van der Waals surface area contributed by atoms with Gasteiger partial charge in [0, 0.05) is 68.4 Å². The van der Waals surface area contributed by atoms with Crippen molar-refractivity contribution < 1.29 is 23.9 Å². The number of carbonyl (C=O) groups is 4. The second-order valence-corrected chi connectivity index (χ2v) is 11.5. The summed E-state index contributed by atoms with van der Waals surface area (Å²) in [6, 6.07) is 14.1. The van der Waals surface area contributed by atoms with Gasteiger partial charge in [-0.25, -0.2) is 9.78 Å². The van der Waals surface area contributed by atoms with Crippen molar-refractivity contribution in [3.63, 3.8) is 0 Å². The topological polar surface area (TPSA) is 133 Å². The van der Waals surface area contributed by atoms with Crippen LogP contribution in [0.25, 0.3) is 22.4 Å². The summed E-state index contributed by atoms with van der Waals surface area (Å²) in [5.41, 5.74) is 3.61. The Balaban J connectivity index is 1.35. The molecular weight excluding hydrogens is 607 g/mol. The summed E-state index contributed by atoms with van der Waals surface area (Å²) in [6.07, 6.45) is 1.36. The first-order valence-corrected chi connectivity index (χ1v) is 14.8. The molecule has 0 saturated carbocycles. The number of pyridine rings is 1. The van der Waals surface area contributed by atoms with Crippen molar-refractivity contribution in [2.24, 2.45) is 5.92 Å². The molecule has 2 aromatic carbocycles. The van der Waals surface area contributed by atoms with E-state index in [1.165, 1.54) is 19.0 Å².